The maximum Gasteiger partial charge on any atom is 0.163 e. The second-order valence-corrected chi connectivity index (χ2v) is 8.77. The molecule has 0 bridgehead atoms. The van der Waals surface area contributed by atoms with Crippen molar-refractivity contribution in [2.45, 2.75) is 89.2 Å². The normalized spacial score (nSPS) is 32.5. The van der Waals surface area contributed by atoms with E-state index < -0.39 is 17.0 Å². The van der Waals surface area contributed by atoms with Gasteiger partial charge in [0, 0.05) is 6.61 Å². The zero-order chi connectivity index (χ0) is 19.5. The van der Waals surface area contributed by atoms with Gasteiger partial charge in [0.15, 0.2) is 5.79 Å². The highest BCUT2D eigenvalue weighted by Crippen LogP contribution is 2.42. The van der Waals surface area contributed by atoms with Gasteiger partial charge in [0.1, 0.15) is 6.10 Å². The summed E-state index contributed by atoms with van der Waals surface area (Å²) in [6.07, 6.45) is 2.85. The minimum atomic E-state index is -0.872. The smallest absolute Gasteiger partial charge is 0.163 e. The third-order valence-electron chi connectivity index (χ3n) is 5.78. The highest BCUT2D eigenvalue weighted by atomic mass is 16.8. The molecule has 1 N–H and O–H groups in total. The van der Waals surface area contributed by atoms with Gasteiger partial charge in [-0.1, -0.05) is 30.3 Å². The topological polar surface area (TPSA) is 57.2 Å². The van der Waals surface area contributed by atoms with Crippen molar-refractivity contribution in [3.8, 4) is 0 Å². The first kappa shape index (κ1) is 20.7. The van der Waals surface area contributed by atoms with Gasteiger partial charge in [0.25, 0.3) is 0 Å². The van der Waals surface area contributed by atoms with Crippen molar-refractivity contribution in [3.05, 3.63) is 35.9 Å². The molecule has 5 nitrogen and oxygen atoms in total. The summed E-state index contributed by atoms with van der Waals surface area (Å²) in [7, 11) is 0. The Labute approximate surface area is 163 Å². The predicted molar refractivity (Wildman–Crippen MR) is 103 cm³/mol. The lowest BCUT2D eigenvalue weighted by Gasteiger charge is -2.35. The van der Waals surface area contributed by atoms with Gasteiger partial charge in [-0.25, -0.2) is 0 Å². The number of aliphatic hydroxyl groups is 1. The van der Waals surface area contributed by atoms with Crippen molar-refractivity contribution in [3.63, 3.8) is 0 Å². The van der Waals surface area contributed by atoms with E-state index in [-0.39, 0.29) is 12.2 Å². The maximum absolute atomic E-state index is 11.0. The molecule has 4 atom stereocenters. The van der Waals surface area contributed by atoms with Gasteiger partial charge < -0.3 is 24.1 Å². The van der Waals surface area contributed by atoms with Crippen LogP contribution in [-0.4, -0.2) is 47.5 Å². The SMILES string of the molecule is CC1(C)OC[C@@H]([C@@]2(C)CC[C@H]([C@@](C)(O)CCCOCc3ccccc3)O2)O1. The Morgan fingerprint density at radius 1 is 1.19 bits per heavy atom. The predicted octanol–water partition coefficient (Wildman–Crippen LogP) is 3.82. The summed E-state index contributed by atoms with van der Waals surface area (Å²) in [5, 5.41) is 11.0. The molecule has 0 radical (unpaired) electrons. The molecule has 1 aromatic rings. The molecular weight excluding hydrogens is 344 g/mol. The summed E-state index contributed by atoms with van der Waals surface area (Å²) in [4.78, 5) is 0. The minimum absolute atomic E-state index is 0.0949. The summed E-state index contributed by atoms with van der Waals surface area (Å²) in [6, 6.07) is 10.1. The molecular formula is C22H34O5. The van der Waals surface area contributed by atoms with Crippen LogP contribution in [0.15, 0.2) is 30.3 Å². The molecule has 3 rings (SSSR count). The maximum atomic E-state index is 11.0. The van der Waals surface area contributed by atoms with Crippen molar-refractivity contribution >= 4 is 0 Å². The highest BCUT2D eigenvalue weighted by molar-refractivity contribution is 5.13. The fraction of sp³-hybridized carbons (Fsp3) is 0.727. The van der Waals surface area contributed by atoms with Crippen LogP contribution in [0.1, 0.15) is 58.9 Å². The van der Waals surface area contributed by atoms with E-state index in [0.29, 0.717) is 26.2 Å². The Bertz CT molecular complexity index is 600. The average molecular weight is 379 g/mol. The fourth-order valence-corrected chi connectivity index (χ4v) is 3.98. The molecule has 2 fully saturated rings. The first-order chi connectivity index (χ1) is 12.7. The molecule has 0 amide bonds. The Balaban J connectivity index is 1.42. The summed E-state index contributed by atoms with van der Waals surface area (Å²) < 4.78 is 23.8. The Hall–Kier alpha value is -0.980. The van der Waals surface area contributed by atoms with Crippen LogP contribution in [0.2, 0.25) is 0 Å². The highest BCUT2D eigenvalue weighted by Gasteiger charge is 2.52. The van der Waals surface area contributed by atoms with E-state index in [1.54, 1.807) is 0 Å². The largest absolute Gasteiger partial charge is 0.387 e. The van der Waals surface area contributed by atoms with Gasteiger partial charge in [-0.05, 0) is 58.9 Å². The number of hydrogen-bond donors (Lipinski definition) is 1. The lowest BCUT2D eigenvalue weighted by atomic mass is 9.90. The molecule has 27 heavy (non-hydrogen) atoms. The van der Waals surface area contributed by atoms with Crippen molar-refractivity contribution in [1.82, 2.24) is 0 Å². The van der Waals surface area contributed by atoms with E-state index >= 15 is 0 Å². The first-order valence-electron chi connectivity index (χ1n) is 10.0. The van der Waals surface area contributed by atoms with Gasteiger partial charge in [0.05, 0.1) is 30.5 Å². The van der Waals surface area contributed by atoms with Gasteiger partial charge >= 0.3 is 0 Å². The lowest BCUT2D eigenvalue weighted by molar-refractivity contribution is -0.192. The standard InChI is InChI=1S/C22H34O5/c1-20(2)25-16-19(26-20)22(4)13-11-18(27-22)21(3,23)12-8-14-24-15-17-9-6-5-7-10-17/h5-7,9-10,18-19,23H,8,11-16H2,1-4H3/t18-,19+,21+,22-/m1/s1. The van der Waals surface area contributed by atoms with Gasteiger partial charge in [-0.15, -0.1) is 0 Å². The molecule has 0 aliphatic carbocycles. The van der Waals surface area contributed by atoms with Crippen LogP contribution >= 0.6 is 0 Å². The molecule has 2 saturated heterocycles. The zero-order valence-corrected chi connectivity index (χ0v) is 17.1. The van der Waals surface area contributed by atoms with E-state index in [9.17, 15) is 5.11 Å². The van der Waals surface area contributed by atoms with Gasteiger partial charge in [0.2, 0.25) is 0 Å². The Morgan fingerprint density at radius 3 is 2.59 bits per heavy atom. The molecule has 0 aromatic heterocycles. The van der Waals surface area contributed by atoms with Crippen molar-refractivity contribution < 1.29 is 24.1 Å². The average Bonchev–Trinajstić information content (AvgIpc) is 3.20. The van der Waals surface area contributed by atoms with E-state index in [2.05, 4.69) is 19.1 Å². The summed E-state index contributed by atoms with van der Waals surface area (Å²) in [5.41, 5.74) is -0.115. The third-order valence-corrected chi connectivity index (χ3v) is 5.78. The summed E-state index contributed by atoms with van der Waals surface area (Å²) in [5.74, 6) is -0.562. The number of hydrogen-bond acceptors (Lipinski definition) is 5. The molecule has 2 aliphatic heterocycles. The summed E-state index contributed by atoms with van der Waals surface area (Å²) >= 11 is 0. The Kier molecular flexibility index (Phi) is 6.28. The number of rotatable bonds is 8. The monoisotopic (exact) mass is 378 g/mol. The molecule has 1 aromatic carbocycles. The quantitative estimate of drug-likeness (QED) is 0.697. The molecule has 0 spiro atoms. The zero-order valence-electron chi connectivity index (χ0n) is 17.1. The van der Waals surface area contributed by atoms with Crippen LogP contribution in [-0.2, 0) is 25.6 Å². The lowest BCUT2D eigenvalue weighted by Crippen LogP contribution is -2.46. The van der Waals surface area contributed by atoms with Crippen LogP contribution in [0.4, 0.5) is 0 Å². The van der Waals surface area contributed by atoms with Gasteiger partial charge in [-0.3, -0.25) is 0 Å². The second-order valence-electron chi connectivity index (χ2n) is 8.77. The van der Waals surface area contributed by atoms with Crippen molar-refractivity contribution in [2.24, 2.45) is 0 Å². The van der Waals surface area contributed by atoms with Crippen LogP contribution in [0.5, 0.6) is 0 Å². The van der Waals surface area contributed by atoms with E-state index in [4.69, 9.17) is 18.9 Å². The van der Waals surface area contributed by atoms with Crippen LogP contribution < -0.4 is 0 Å². The minimum Gasteiger partial charge on any atom is -0.387 e. The molecule has 0 saturated carbocycles. The van der Waals surface area contributed by atoms with E-state index in [1.165, 1.54) is 5.56 Å². The van der Waals surface area contributed by atoms with E-state index in [1.807, 2.05) is 39.0 Å². The van der Waals surface area contributed by atoms with Crippen LogP contribution in [0.3, 0.4) is 0 Å². The van der Waals surface area contributed by atoms with Crippen LogP contribution in [0, 0.1) is 0 Å². The molecule has 0 unspecified atom stereocenters. The first-order valence-corrected chi connectivity index (χ1v) is 10.0. The Morgan fingerprint density at radius 2 is 1.93 bits per heavy atom. The number of ether oxygens (including phenoxy) is 4. The molecule has 5 heteroatoms. The third kappa shape index (κ3) is 5.30. The van der Waals surface area contributed by atoms with Crippen molar-refractivity contribution in [2.75, 3.05) is 13.2 Å². The fourth-order valence-electron chi connectivity index (χ4n) is 3.98. The van der Waals surface area contributed by atoms with Crippen LogP contribution in [0.25, 0.3) is 0 Å². The summed E-state index contributed by atoms with van der Waals surface area (Å²) in [6.45, 7) is 9.56. The molecule has 2 aliphatic rings. The molecule has 152 valence electrons. The van der Waals surface area contributed by atoms with Gasteiger partial charge in [-0.2, -0.15) is 0 Å². The van der Waals surface area contributed by atoms with Crippen molar-refractivity contribution in [1.29, 1.82) is 0 Å². The second kappa shape index (κ2) is 8.18. The molecule has 2 heterocycles. The number of benzene rings is 1. The van der Waals surface area contributed by atoms with E-state index in [0.717, 1.165) is 19.3 Å².